The van der Waals surface area contributed by atoms with Crippen LogP contribution in [0.5, 0.6) is 0 Å². The van der Waals surface area contributed by atoms with E-state index < -0.39 is 24.6 Å². The topological polar surface area (TPSA) is 67.2 Å². The Kier molecular flexibility index (Phi) is 4.80. The molecule has 0 saturated heterocycles. The van der Waals surface area contributed by atoms with E-state index in [4.69, 9.17) is 0 Å². The molecule has 2 N–H and O–H groups in total. The number of nitrogens with zero attached hydrogens (tertiary/aromatic N) is 2. The summed E-state index contributed by atoms with van der Waals surface area (Å²) >= 11 is 0. The zero-order valence-electron chi connectivity index (χ0n) is 13.3. The number of amides is 1. The largest absolute Gasteiger partial charge is 0.391 e. The number of alkyl halides is 3. The number of rotatable bonds is 5. The molecule has 3 rings (SSSR count). The maximum Gasteiger partial charge on any atom is 0.389 e. The molecule has 3 atom stereocenters. The van der Waals surface area contributed by atoms with Crippen molar-refractivity contribution < 1.29 is 23.1 Å². The third-order valence-electron chi connectivity index (χ3n) is 4.39. The minimum Gasteiger partial charge on any atom is -0.391 e. The molecule has 1 saturated carbocycles. The van der Waals surface area contributed by atoms with Crippen LogP contribution in [0, 0.1) is 0 Å². The molecule has 8 heteroatoms. The van der Waals surface area contributed by atoms with Crippen LogP contribution in [0.25, 0.3) is 0 Å². The lowest BCUT2D eigenvalue weighted by atomic mass is 9.82. The molecular weight excluding hydrogens is 335 g/mol. The summed E-state index contributed by atoms with van der Waals surface area (Å²) in [6.07, 6.45) is -2.46. The van der Waals surface area contributed by atoms with Crippen LogP contribution in [0.4, 0.5) is 13.2 Å². The number of aryl methyl sites for hydroxylation is 1. The predicted molar refractivity (Wildman–Crippen MR) is 84.0 cm³/mol. The third kappa shape index (κ3) is 4.01. The number of aromatic nitrogens is 2. The smallest absolute Gasteiger partial charge is 0.389 e. The van der Waals surface area contributed by atoms with Gasteiger partial charge in [-0.25, -0.2) is 0 Å². The molecule has 0 unspecified atom stereocenters. The molecule has 1 aliphatic rings. The Hall–Kier alpha value is -2.35. The highest BCUT2D eigenvalue weighted by Gasteiger charge is 2.42. The first kappa shape index (κ1) is 17.5. The fraction of sp³-hybridized carbons (Fsp3) is 0.412. The van der Waals surface area contributed by atoms with E-state index in [1.165, 1.54) is 12.1 Å². The van der Waals surface area contributed by atoms with E-state index in [1.54, 1.807) is 35.3 Å². The lowest BCUT2D eigenvalue weighted by Crippen LogP contribution is -2.56. The molecule has 1 heterocycles. The number of aliphatic hydroxyl groups excluding tert-OH is 1. The first-order valence-corrected chi connectivity index (χ1v) is 7.98. The van der Waals surface area contributed by atoms with Gasteiger partial charge in [-0.1, -0.05) is 18.2 Å². The minimum atomic E-state index is -4.27. The molecule has 25 heavy (non-hydrogen) atoms. The SMILES string of the molecule is O=C(N[C@H]1C[C@@H](O)[C@@H]1n1cccn1)c1ccccc1CCC(F)(F)F. The number of halogens is 3. The van der Waals surface area contributed by atoms with E-state index in [2.05, 4.69) is 10.4 Å². The lowest BCUT2D eigenvalue weighted by molar-refractivity contribution is -0.134. The maximum absolute atomic E-state index is 12.5. The number of hydrogen-bond acceptors (Lipinski definition) is 3. The summed E-state index contributed by atoms with van der Waals surface area (Å²) in [5.41, 5.74) is 0.584. The second-order valence-corrected chi connectivity index (χ2v) is 6.13. The van der Waals surface area contributed by atoms with Crippen LogP contribution in [0.1, 0.15) is 34.8 Å². The van der Waals surface area contributed by atoms with Crippen molar-refractivity contribution in [3.05, 3.63) is 53.9 Å². The molecule has 5 nitrogen and oxygen atoms in total. The van der Waals surface area contributed by atoms with Crippen molar-refractivity contribution in [3.8, 4) is 0 Å². The highest BCUT2D eigenvalue weighted by Crippen LogP contribution is 2.32. The van der Waals surface area contributed by atoms with Gasteiger partial charge in [0.2, 0.25) is 0 Å². The van der Waals surface area contributed by atoms with E-state index >= 15 is 0 Å². The number of hydrogen-bond donors (Lipinski definition) is 2. The van der Waals surface area contributed by atoms with E-state index in [1.807, 2.05) is 0 Å². The standard InChI is InChI=1S/C17H18F3N3O2/c18-17(19,20)7-6-11-4-1-2-5-12(11)16(25)22-13-10-14(24)15(13)23-9-3-8-21-23/h1-5,8-9,13-15,24H,6-7,10H2,(H,22,25)/t13-,14+,15+/m0/s1. The van der Waals surface area contributed by atoms with Crippen molar-refractivity contribution in [2.75, 3.05) is 0 Å². The Labute approximate surface area is 142 Å². The normalized spacial score (nSPS) is 23.1. The van der Waals surface area contributed by atoms with Gasteiger partial charge in [0.25, 0.3) is 5.91 Å². The molecule has 0 radical (unpaired) electrons. The summed E-state index contributed by atoms with van der Waals surface area (Å²) in [4.78, 5) is 12.5. The predicted octanol–water partition coefficient (Wildman–Crippen LogP) is 2.48. The molecular formula is C17H18F3N3O2. The number of nitrogens with one attached hydrogen (secondary N) is 1. The number of carbonyl (C=O) groups is 1. The summed E-state index contributed by atoms with van der Waals surface area (Å²) in [7, 11) is 0. The monoisotopic (exact) mass is 353 g/mol. The summed E-state index contributed by atoms with van der Waals surface area (Å²) in [6, 6.07) is 7.30. The Morgan fingerprint density at radius 3 is 2.72 bits per heavy atom. The molecule has 1 aliphatic carbocycles. The fourth-order valence-electron chi connectivity index (χ4n) is 3.06. The van der Waals surface area contributed by atoms with E-state index in [9.17, 15) is 23.1 Å². The zero-order chi connectivity index (χ0) is 18.0. The van der Waals surface area contributed by atoms with E-state index in [-0.39, 0.29) is 24.1 Å². The summed E-state index contributed by atoms with van der Waals surface area (Å²) < 4.78 is 39.0. The van der Waals surface area contributed by atoms with Crippen LogP contribution in [0.15, 0.2) is 42.7 Å². The molecule has 0 aliphatic heterocycles. The van der Waals surface area contributed by atoms with E-state index in [0.717, 1.165) is 0 Å². The average molecular weight is 353 g/mol. The molecule has 0 bridgehead atoms. The molecule has 2 aromatic rings. The van der Waals surface area contributed by atoms with E-state index in [0.29, 0.717) is 12.0 Å². The Balaban J connectivity index is 1.69. The van der Waals surface area contributed by atoms with Crippen molar-refractivity contribution in [2.45, 2.75) is 43.6 Å². The van der Waals surface area contributed by atoms with Gasteiger partial charge in [0.15, 0.2) is 0 Å². The van der Waals surface area contributed by atoms with Crippen molar-refractivity contribution in [1.82, 2.24) is 15.1 Å². The highest BCUT2D eigenvalue weighted by atomic mass is 19.4. The summed E-state index contributed by atoms with van der Waals surface area (Å²) in [5, 5.41) is 16.8. The Morgan fingerprint density at radius 2 is 2.08 bits per heavy atom. The van der Waals surface area contributed by atoms with Crippen LogP contribution >= 0.6 is 0 Å². The lowest BCUT2D eigenvalue weighted by Gasteiger charge is -2.41. The van der Waals surface area contributed by atoms with Crippen molar-refractivity contribution in [3.63, 3.8) is 0 Å². The van der Waals surface area contributed by atoms with Crippen molar-refractivity contribution >= 4 is 5.91 Å². The van der Waals surface area contributed by atoms with Gasteiger partial charge in [0.1, 0.15) is 0 Å². The van der Waals surface area contributed by atoms with Crippen LogP contribution in [0.3, 0.4) is 0 Å². The number of benzene rings is 1. The first-order chi connectivity index (χ1) is 11.8. The molecule has 1 aromatic heterocycles. The maximum atomic E-state index is 12.5. The van der Waals surface area contributed by atoms with Gasteiger partial charge in [-0.3, -0.25) is 9.48 Å². The molecule has 1 fully saturated rings. The van der Waals surface area contributed by atoms with Crippen LogP contribution in [-0.4, -0.2) is 39.1 Å². The fourth-order valence-corrected chi connectivity index (χ4v) is 3.06. The van der Waals surface area contributed by atoms with Gasteiger partial charge >= 0.3 is 6.18 Å². The van der Waals surface area contributed by atoms with Gasteiger partial charge in [-0.2, -0.15) is 18.3 Å². The highest BCUT2D eigenvalue weighted by molar-refractivity contribution is 5.96. The van der Waals surface area contributed by atoms with Crippen molar-refractivity contribution in [1.29, 1.82) is 0 Å². The van der Waals surface area contributed by atoms with Crippen molar-refractivity contribution in [2.24, 2.45) is 0 Å². The third-order valence-corrected chi connectivity index (χ3v) is 4.39. The summed E-state index contributed by atoms with van der Waals surface area (Å²) in [5.74, 6) is -0.438. The quantitative estimate of drug-likeness (QED) is 0.868. The summed E-state index contributed by atoms with van der Waals surface area (Å²) in [6.45, 7) is 0. The van der Waals surface area contributed by atoms with Crippen LogP contribution in [-0.2, 0) is 6.42 Å². The molecule has 134 valence electrons. The molecule has 0 spiro atoms. The number of carbonyl (C=O) groups excluding carboxylic acids is 1. The zero-order valence-corrected chi connectivity index (χ0v) is 13.3. The molecule has 1 aromatic carbocycles. The number of aliphatic hydroxyl groups is 1. The minimum absolute atomic E-state index is 0.229. The van der Waals surface area contributed by atoms with Gasteiger partial charge in [-0.15, -0.1) is 0 Å². The Morgan fingerprint density at radius 1 is 1.32 bits per heavy atom. The second kappa shape index (κ2) is 6.87. The van der Waals surface area contributed by atoms with Gasteiger partial charge in [0.05, 0.1) is 18.2 Å². The van der Waals surface area contributed by atoms with Crippen LogP contribution in [0.2, 0.25) is 0 Å². The Bertz CT molecular complexity index is 731. The average Bonchev–Trinajstić information content (AvgIpc) is 3.05. The van der Waals surface area contributed by atoms with Gasteiger partial charge in [-0.05, 0) is 30.5 Å². The van der Waals surface area contributed by atoms with Gasteiger partial charge in [0, 0.05) is 24.4 Å². The second-order valence-electron chi connectivity index (χ2n) is 6.13. The molecule has 1 amide bonds. The first-order valence-electron chi connectivity index (χ1n) is 7.98. The van der Waals surface area contributed by atoms with Crippen LogP contribution < -0.4 is 5.32 Å². The van der Waals surface area contributed by atoms with Gasteiger partial charge < -0.3 is 10.4 Å².